The molecule has 0 fully saturated rings. The van der Waals surface area contributed by atoms with E-state index in [0.29, 0.717) is 5.92 Å². The van der Waals surface area contributed by atoms with Gasteiger partial charge in [0, 0.05) is 35.2 Å². The van der Waals surface area contributed by atoms with Gasteiger partial charge in [0.05, 0.1) is 0 Å². The molecular formula is C16H19N3. The van der Waals surface area contributed by atoms with Gasteiger partial charge in [-0.25, -0.2) is 0 Å². The zero-order chi connectivity index (χ0) is 13.4. The van der Waals surface area contributed by atoms with Crippen LogP contribution in [0.2, 0.25) is 0 Å². The van der Waals surface area contributed by atoms with E-state index >= 15 is 0 Å². The van der Waals surface area contributed by atoms with Gasteiger partial charge in [-0.2, -0.15) is 0 Å². The lowest BCUT2D eigenvalue weighted by Gasteiger charge is -2.20. The SMILES string of the molecule is Cc1cc(C(N)C2CCc3cccnc32)cc(C)n1. The van der Waals surface area contributed by atoms with E-state index in [1.807, 2.05) is 26.1 Å². The van der Waals surface area contributed by atoms with E-state index in [0.717, 1.165) is 24.2 Å². The average Bonchev–Trinajstić information content (AvgIpc) is 2.80. The summed E-state index contributed by atoms with van der Waals surface area (Å²) in [5, 5.41) is 0. The van der Waals surface area contributed by atoms with Crippen molar-refractivity contribution in [3.8, 4) is 0 Å². The molecule has 0 aliphatic heterocycles. The smallest absolute Gasteiger partial charge is 0.0485 e. The largest absolute Gasteiger partial charge is 0.323 e. The second-order valence-corrected chi connectivity index (χ2v) is 5.40. The third-order valence-corrected chi connectivity index (χ3v) is 3.92. The Morgan fingerprint density at radius 3 is 2.74 bits per heavy atom. The molecule has 0 spiro atoms. The van der Waals surface area contributed by atoms with Crippen LogP contribution >= 0.6 is 0 Å². The normalized spacial score (nSPS) is 19.2. The standard InChI is InChI=1S/C16H19N3/c1-10-8-13(9-11(2)19-10)15(17)14-6-5-12-4-3-7-18-16(12)14/h3-4,7-9,14-15H,5-6,17H2,1-2H3. The Labute approximate surface area is 113 Å². The Bertz CT molecular complexity index is 586. The Hall–Kier alpha value is -1.74. The Kier molecular flexibility index (Phi) is 3.07. The maximum Gasteiger partial charge on any atom is 0.0485 e. The molecule has 0 saturated carbocycles. The number of fused-ring (bicyclic) bond motifs is 1. The fourth-order valence-electron chi connectivity index (χ4n) is 3.08. The Morgan fingerprint density at radius 1 is 1.26 bits per heavy atom. The van der Waals surface area contributed by atoms with Crippen molar-refractivity contribution in [2.75, 3.05) is 0 Å². The van der Waals surface area contributed by atoms with Crippen molar-refractivity contribution in [1.29, 1.82) is 0 Å². The van der Waals surface area contributed by atoms with E-state index in [2.05, 4.69) is 28.2 Å². The maximum atomic E-state index is 6.49. The van der Waals surface area contributed by atoms with Gasteiger partial charge in [-0.15, -0.1) is 0 Å². The molecule has 3 nitrogen and oxygen atoms in total. The van der Waals surface area contributed by atoms with Crippen LogP contribution < -0.4 is 5.73 Å². The lowest BCUT2D eigenvalue weighted by molar-refractivity contribution is 0.540. The topological polar surface area (TPSA) is 51.8 Å². The van der Waals surface area contributed by atoms with Crippen LogP contribution in [0.3, 0.4) is 0 Å². The first-order valence-corrected chi connectivity index (χ1v) is 6.79. The highest BCUT2D eigenvalue weighted by Gasteiger charge is 2.29. The molecule has 98 valence electrons. The zero-order valence-electron chi connectivity index (χ0n) is 11.4. The molecule has 0 radical (unpaired) electrons. The minimum Gasteiger partial charge on any atom is -0.323 e. The van der Waals surface area contributed by atoms with E-state index in [-0.39, 0.29) is 6.04 Å². The number of pyridine rings is 2. The first kappa shape index (κ1) is 12.3. The Morgan fingerprint density at radius 2 is 2.00 bits per heavy atom. The molecule has 2 N–H and O–H groups in total. The maximum absolute atomic E-state index is 6.49. The summed E-state index contributed by atoms with van der Waals surface area (Å²) in [6.07, 6.45) is 4.05. The predicted molar refractivity (Wildman–Crippen MR) is 75.9 cm³/mol. The number of aryl methyl sites for hydroxylation is 3. The summed E-state index contributed by atoms with van der Waals surface area (Å²) in [5.74, 6) is 0.331. The third-order valence-electron chi connectivity index (χ3n) is 3.92. The van der Waals surface area contributed by atoms with Gasteiger partial charge in [-0.3, -0.25) is 9.97 Å². The molecule has 3 rings (SSSR count). The first-order chi connectivity index (χ1) is 9.15. The number of nitrogens with zero attached hydrogens (tertiary/aromatic N) is 2. The van der Waals surface area contributed by atoms with Crippen molar-refractivity contribution in [2.45, 2.75) is 38.6 Å². The van der Waals surface area contributed by atoms with Crippen molar-refractivity contribution >= 4 is 0 Å². The van der Waals surface area contributed by atoms with Gasteiger partial charge < -0.3 is 5.73 Å². The van der Waals surface area contributed by atoms with Crippen LogP contribution in [-0.4, -0.2) is 9.97 Å². The second-order valence-electron chi connectivity index (χ2n) is 5.40. The van der Waals surface area contributed by atoms with Gasteiger partial charge in [0.25, 0.3) is 0 Å². The molecule has 0 aromatic carbocycles. The highest BCUT2D eigenvalue weighted by Crippen LogP contribution is 2.39. The van der Waals surface area contributed by atoms with Gasteiger partial charge in [0.1, 0.15) is 0 Å². The summed E-state index contributed by atoms with van der Waals surface area (Å²) in [6.45, 7) is 4.04. The van der Waals surface area contributed by atoms with Crippen LogP contribution in [0.4, 0.5) is 0 Å². The number of hydrogen-bond acceptors (Lipinski definition) is 3. The summed E-state index contributed by atoms with van der Waals surface area (Å²) in [4.78, 5) is 8.95. The van der Waals surface area contributed by atoms with Crippen LogP contribution in [0, 0.1) is 13.8 Å². The summed E-state index contributed by atoms with van der Waals surface area (Å²) >= 11 is 0. The van der Waals surface area contributed by atoms with E-state index in [1.54, 1.807) is 0 Å². The summed E-state index contributed by atoms with van der Waals surface area (Å²) in [5.41, 5.74) is 12.3. The predicted octanol–water partition coefficient (Wildman–Crippen LogP) is 2.82. The second kappa shape index (κ2) is 4.74. The third kappa shape index (κ3) is 2.26. The van der Waals surface area contributed by atoms with Crippen LogP contribution in [0.25, 0.3) is 0 Å². The first-order valence-electron chi connectivity index (χ1n) is 6.79. The molecule has 0 saturated heterocycles. The molecule has 2 heterocycles. The molecule has 0 amide bonds. The number of rotatable bonds is 2. The molecule has 2 atom stereocenters. The molecule has 2 aromatic rings. The molecule has 19 heavy (non-hydrogen) atoms. The minimum absolute atomic E-state index is 0.0107. The average molecular weight is 253 g/mol. The summed E-state index contributed by atoms with van der Waals surface area (Å²) in [6, 6.07) is 8.37. The highest BCUT2D eigenvalue weighted by atomic mass is 14.8. The van der Waals surface area contributed by atoms with Crippen molar-refractivity contribution < 1.29 is 0 Å². The van der Waals surface area contributed by atoms with Gasteiger partial charge in [-0.1, -0.05) is 6.07 Å². The molecular weight excluding hydrogens is 234 g/mol. The fourth-order valence-corrected chi connectivity index (χ4v) is 3.08. The molecule has 3 heteroatoms. The van der Waals surface area contributed by atoms with Crippen molar-refractivity contribution in [1.82, 2.24) is 9.97 Å². The number of nitrogens with two attached hydrogens (primary N) is 1. The lowest BCUT2D eigenvalue weighted by Crippen LogP contribution is -2.19. The summed E-state index contributed by atoms with van der Waals surface area (Å²) < 4.78 is 0. The Balaban J connectivity index is 1.95. The minimum atomic E-state index is 0.0107. The number of hydrogen-bond donors (Lipinski definition) is 1. The van der Waals surface area contributed by atoms with Crippen LogP contribution in [-0.2, 0) is 6.42 Å². The van der Waals surface area contributed by atoms with Crippen LogP contribution in [0.1, 0.15) is 46.6 Å². The van der Waals surface area contributed by atoms with E-state index < -0.39 is 0 Å². The molecule has 0 bridgehead atoms. The fraction of sp³-hybridized carbons (Fsp3) is 0.375. The molecule has 2 aromatic heterocycles. The van der Waals surface area contributed by atoms with E-state index in [1.165, 1.54) is 16.8 Å². The van der Waals surface area contributed by atoms with Gasteiger partial charge in [0.15, 0.2) is 0 Å². The monoisotopic (exact) mass is 253 g/mol. The van der Waals surface area contributed by atoms with Crippen molar-refractivity contribution in [3.63, 3.8) is 0 Å². The highest BCUT2D eigenvalue weighted by molar-refractivity contribution is 5.34. The quantitative estimate of drug-likeness (QED) is 0.895. The van der Waals surface area contributed by atoms with Gasteiger partial charge >= 0.3 is 0 Å². The van der Waals surface area contributed by atoms with Crippen molar-refractivity contribution in [2.24, 2.45) is 5.73 Å². The van der Waals surface area contributed by atoms with Gasteiger partial charge in [-0.05, 0) is 56.0 Å². The summed E-state index contributed by atoms with van der Waals surface area (Å²) in [7, 11) is 0. The van der Waals surface area contributed by atoms with E-state index in [4.69, 9.17) is 5.73 Å². The van der Waals surface area contributed by atoms with Gasteiger partial charge in [0.2, 0.25) is 0 Å². The van der Waals surface area contributed by atoms with Crippen LogP contribution in [0.15, 0.2) is 30.5 Å². The molecule has 1 aliphatic carbocycles. The molecule has 1 aliphatic rings. The molecule has 2 unspecified atom stereocenters. The van der Waals surface area contributed by atoms with Crippen LogP contribution in [0.5, 0.6) is 0 Å². The lowest BCUT2D eigenvalue weighted by atomic mass is 9.91. The number of aromatic nitrogens is 2. The zero-order valence-corrected chi connectivity index (χ0v) is 11.4. The van der Waals surface area contributed by atoms with E-state index in [9.17, 15) is 0 Å². The van der Waals surface area contributed by atoms with Crippen molar-refractivity contribution in [3.05, 3.63) is 58.7 Å².